The van der Waals surface area contributed by atoms with Crippen LogP contribution < -0.4 is 5.32 Å². The third kappa shape index (κ3) is 4.24. The van der Waals surface area contributed by atoms with Crippen LogP contribution in [0.1, 0.15) is 16.2 Å². The molecule has 0 saturated carbocycles. The number of ether oxygens (including phenoxy) is 1. The molecule has 0 saturated heterocycles. The fraction of sp³-hybridized carbons (Fsp3) is 0.0500. The highest BCUT2D eigenvalue weighted by Gasteiger charge is 2.13. The Morgan fingerprint density at radius 2 is 1.85 bits per heavy atom. The van der Waals surface area contributed by atoms with Crippen LogP contribution in [0.25, 0.3) is 17.4 Å². The summed E-state index contributed by atoms with van der Waals surface area (Å²) in [5.41, 5.74) is 1.40. The zero-order valence-corrected chi connectivity index (χ0v) is 14.0. The second-order valence-electron chi connectivity index (χ2n) is 5.29. The lowest BCUT2D eigenvalue weighted by atomic mass is 10.2. The van der Waals surface area contributed by atoms with Gasteiger partial charge in [-0.05, 0) is 30.3 Å². The molecule has 0 aliphatic rings. The third-order valence-electron chi connectivity index (χ3n) is 3.49. The molecule has 26 heavy (non-hydrogen) atoms. The van der Waals surface area contributed by atoms with Gasteiger partial charge in [-0.1, -0.05) is 36.4 Å². The van der Waals surface area contributed by atoms with Gasteiger partial charge in [-0.25, -0.2) is 9.78 Å². The van der Waals surface area contributed by atoms with Crippen LogP contribution in [0.3, 0.4) is 0 Å². The van der Waals surface area contributed by atoms with Crippen molar-refractivity contribution in [1.82, 2.24) is 4.98 Å². The molecule has 3 aromatic rings. The van der Waals surface area contributed by atoms with E-state index < -0.39 is 11.9 Å². The van der Waals surface area contributed by atoms with Gasteiger partial charge in [0.05, 0.1) is 12.8 Å². The van der Waals surface area contributed by atoms with Gasteiger partial charge >= 0.3 is 5.97 Å². The van der Waals surface area contributed by atoms with Crippen molar-refractivity contribution in [2.24, 2.45) is 0 Å². The van der Waals surface area contributed by atoms with Crippen molar-refractivity contribution in [3.63, 3.8) is 0 Å². The number of aromatic nitrogens is 1. The molecule has 6 nitrogen and oxygen atoms in total. The van der Waals surface area contributed by atoms with Gasteiger partial charge in [-0.15, -0.1) is 0 Å². The van der Waals surface area contributed by atoms with E-state index in [0.717, 1.165) is 5.56 Å². The number of nitrogens with one attached hydrogen (secondary N) is 1. The van der Waals surface area contributed by atoms with Gasteiger partial charge in [0.15, 0.2) is 5.76 Å². The fourth-order valence-corrected chi connectivity index (χ4v) is 2.23. The van der Waals surface area contributed by atoms with Crippen molar-refractivity contribution in [3.05, 3.63) is 78.2 Å². The Hall–Kier alpha value is -3.67. The number of amides is 1. The van der Waals surface area contributed by atoms with Crippen molar-refractivity contribution >= 4 is 23.8 Å². The number of esters is 1. The third-order valence-corrected chi connectivity index (χ3v) is 3.49. The molecular formula is C20H16N2O4. The van der Waals surface area contributed by atoms with Gasteiger partial charge < -0.3 is 14.5 Å². The molecule has 3 rings (SSSR count). The number of pyridine rings is 1. The molecular weight excluding hydrogens is 332 g/mol. The Balaban J connectivity index is 1.71. The van der Waals surface area contributed by atoms with Crippen LogP contribution in [0.15, 0.2) is 71.2 Å². The van der Waals surface area contributed by atoms with Crippen molar-refractivity contribution in [2.45, 2.75) is 0 Å². The summed E-state index contributed by atoms with van der Waals surface area (Å²) in [4.78, 5) is 27.7. The van der Waals surface area contributed by atoms with E-state index in [4.69, 9.17) is 4.42 Å². The molecule has 0 radical (unpaired) electrons. The predicted octanol–water partition coefficient (Wildman–Crippen LogP) is 3.78. The maximum Gasteiger partial charge on any atom is 0.330 e. The molecule has 0 atom stereocenters. The summed E-state index contributed by atoms with van der Waals surface area (Å²) in [5, 5.41) is 2.67. The molecule has 130 valence electrons. The maximum atomic E-state index is 12.3. The molecule has 0 aliphatic carbocycles. The molecule has 0 spiro atoms. The van der Waals surface area contributed by atoms with E-state index in [1.807, 2.05) is 30.3 Å². The minimum absolute atomic E-state index is 0.182. The number of nitrogens with zero attached hydrogens (tertiary/aromatic N) is 1. The second kappa shape index (κ2) is 7.94. The van der Waals surface area contributed by atoms with E-state index in [1.165, 1.54) is 19.3 Å². The highest BCUT2D eigenvalue weighted by Crippen LogP contribution is 2.22. The predicted molar refractivity (Wildman–Crippen MR) is 97.4 cm³/mol. The summed E-state index contributed by atoms with van der Waals surface area (Å²) in [7, 11) is 1.30. The normalized spacial score (nSPS) is 10.7. The molecule has 2 aromatic heterocycles. The van der Waals surface area contributed by atoms with Gasteiger partial charge in [0, 0.05) is 11.6 Å². The highest BCUT2D eigenvalue weighted by atomic mass is 16.5. The minimum atomic E-state index is -0.481. The van der Waals surface area contributed by atoms with Gasteiger partial charge in [-0.3, -0.25) is 4.79 Å². The lowest BCUT2D eigenvalue weighted by Gasteiger charge is -2.03. The zero-order valence-electron chi connectivity index (χ0n) is 14.0. The first-order valence-electron chi connectivity index (χ1n) is 7.85. The van der Waals surface area contributed by atoms with Crippen molar-refractivity contribution in [2.75, 3.05) is 12.4 Å². The van der Waals surface area contributed by atoms with E-state index in [-0.39, 0.29) is 5.76 Å². The summed E-state index contributed by atoms with van der Waals surface area (Å²) in [6.07, 6.45) is 2.76. The van der Waals surface area contributed by atoms with E-state index in [9.17, 15) is 9.59 Å². The Morgan fingerprint density at radius 3 is 2.62 bits per heavy atom. The molecule has 0 aliphatic heterocycles. The van der Waals surface area contributed by atoms with Gasteiger partial charge in [0.25, 0.3) is 5.91 Å². The molecule has 0 bridgehead atoms. The minimum Gasteiger partial charge on any atom is -0.466 e. The maximum absolute atomic E-state index is 12.3. The summed E-state index contributed by atoms with van der Waals surface area (Å²) in [5.74, 6) is 0.248. The summed E-state index contributed by atoms with van der Waals surface area (Å²) in [6, 6.07) is 17.9. The molecule has 0 unspecified atom stereocenters. The second-order valence-corrected chi connectivity index (χ2v) is 5.29. The number of hydrogen-bond acceptors (Lipinski definition) is 5. The van der Waals surface area contributed by atoms with Crippen molar-refractivity contribution < 1.29 is 18.7 Å². The number of benzene rings is 1. The van der Waals surface area contributed by atoms with E-state index in [1.54, 1.807) is 30.3 Å². The van der Waals surface area contributed by atoms with Crippen LogP contribution in [0.4, 0.5) is 5.82 Å². The summed E-state index contributed by atoms with van der Waals surface area (Å²) in [6.45, 7) is 0. The van der Waals surface area contributed by atoms with Crippen LogP contribution in [-0.2, 0) is 9.53 Å². The standard InChI is InChI=1S/C20H16N2O4/c1-25-19(23)13-10-15-8-5-9-18(21-15)22-20(24)17-12-11-16(26-17)14-6-3-2-4-7-14/h2-13H,1H3,(H,21,22,24)/b13-10+. The Bertz CT molecular complexity index is 945. The number of furan rings is 1. The summed E-state index contributed by atoms with van der Waals surface area (Å²) < 4.78 is 10.1. The molecule has 0 fully saturated rings. The van der Waals surface area contributed by atoms with Crippen molar-refractivity contribution in [3.8, 4) is 11.3 Å². The molecule has 1 amide bonds. The first-order valence-corrected chi connectivity index (χ1v) is 7.85. The smallest absolute Gasteiger partial charge is 0.330 e. The SMILES string of the molecule is COC(=O)/C=C/c1cccc(NC(=O)c2ccc(-c3ccccc3)o2)n1. The van der Waals surface area contributed by atoms with Crippen LogP contribution in [-0.4, -0.2) is 24.0 Å². The van der Waals surface area contributed by atoms with E-state index in [2.05, 4.69) is 15.0 Å². The monoisotopic (exact) mass is 348 g/mol. The number of anilines is 1. The highest BCUT2D eigenvalue weighted by molar-refractivity contribution is 6.02. The zero-order chi connectivity index (χ0) is 18.4. The summed E-state index contributed by atoms with van der Waals surface area (Å²) >= 11 is 0. The first kappa shape index (κ1) is 17.2. The Labute approximate surface area is 150 Å². The molecule has 1 N–H and O–H groups in total. The number of hydrogen-bond donors (Lipinski definition) is 1. The van der Waals surface area contributed by atoms with Crippen LogP contribution in [0.2, 0.25) is 0 Å². The topological polar surface area (TPSA) is 81.4 Å². The average molecular weight is 348 g/mol. The van der Waals surface area contributed by atoms with Crippen LogP contribution >= 0.6 is 0 Å². The first-order chi connectivity index (χ1) is 12.7. The van der Waals surface area contributed by atoms with E-state index in [0.29, 0.717) is 17.3 Å². The Morgan fingerprint density at radius 1 is 1.04 bits per heavy atom. The number of carbonyl (C=O) groups excluding carboxylic acids is 2. The lowest BCUT2D eigenvalue weighted by Crippen LogP contribution is -2.12. The van der Waals surface area contributed by atoms with E-state index >= 15 is 0 Å². The van der Waals surface area contributed by atoms with Gasteiger partial charge in [0.2, 0.25) is 0 Å². The quantitative estimate of drug-likeness (QED) is 0.560. The molecule has 2 heterocycles. The number of carbonyl (C=O) groups is 2. The van der Waals surface area contributed by atoms with Gasteiger partial charge in [0.1, 0.15) is 11.6 Å². The molecule has 6 heteroatoms. The lowest BCUT2D eigenvalue weighted by molar-refractivity contribution is -0.134. The van der Waals surface area contributed by atoms with Crippen LogP contribution in [0.5, 0.6) is 0 Å². The van der Waals surface area contributed by atoms with Gasteiger partial charge in [-0.2, -0.15) is 0 Å². The fourth-order valence-electron chi connectivity index (χ4n) is 2.23. The average Bonchev–Trinajstić information content (AvgIpc) is 3.17. The largest absolute Gasteiger partial charge is 0.466 e. The van der Waals surface area contributed by atoms with Crippen molar-refractivity contribution in [1.29, 1.82) is 0 Å². The number of rotatable bonds is 5. The Kier molecular flexibility index (Phi) is 5.24. The number of methoxy groups -OCH3 is 1. The van der Waals surface area contributed by atoms with Crippen LogP contribution in [0, 0.1) is 0 Å². The molecule has 1 aromatic carbocycles.